The normalized spacial score (nSPS) is 9.31. The van der Waals surface area contributed by atoms with Crippen molar-refractivity contribution in [3.05, 3.63) is 29.8 Å². The number of rotatable bonds is 3. The van der Waals surface area contributed by atoms with Crippen LogP contribution in [0.5, 0.6) is 0 Å². The summed E-state index contributed by atoms with van der Waals surface area (Å²) in [4.78, 5) is 12.2. The first-order valence-electron chi connectivity index (χ1n) is 3.73. The third kappa shape index (κ3) is 2.26. The summed E-state index contributed by atoms with van der Waals surface area (Å²) in [5.74, 6) is 0. The summed E-state index contributed by atoms with van der Waals surface area (Å²) in [5.41, 5.74) is 7.04. The molecule has 0 aliphatic heterocycles. The van der Waals surface area contributed by atoms with Gasteiger partial charge in [0, 0.05) is 18.3 Å². The van der Waals surface area contributed by atoms with Crippen LogP contribution in [0.1, 0.15) is 5.56 Å². The molecule has 0 fully saturated rings. The molecule has 0 aliphatic carbocycles. The zero-order valence-corrected chi connectivity index (χ0v) is 8.04. The van der Waals surface area contributed by atoms with Gasteiger partial charge in [0.05, 0.1) is 0 Å². The average molecular weight is 194 g/mol. The number of nitrogens with two attached hydrogens (primary N) is 1. The minimum Gasteiger partial charge on any atom is -0.389 e. The Bertz CT molecular complexity index is 321. The molecule has 0 aliphatic rings. The number of thiocarbonyl (C=S) groups is 1. The van der Waals surface area contributed by atoms with Crippen LogP contribution in [0.4, 0.5) is 5.69 Å². The van der Waals surface area contributed by atoms with Gasteiger partial charge in [0.15, 0.2) is 0 Å². The monoisotopic (exact) mass is 194 g/mol. The first-order valence-corrected chi connectivity index (χ1v) is 4.14. The van der Waals surface area contributed by atoms with Gasteiger partial charge in [0.2, 0.25) is 6.41 Å². The van der Waals surface area contributed by atoms with E-state index >= 15 is 0 Å². The maximum atomic E-state index is 10.4. The summed E-state index contributed by atoms with van der Waals surface area (Å²) in [6, 6.07) is 7.17. The molecule has 4 heteroatoms. The molecule has 0 unspecified atom stereocenters. The molecule has 2 N–H and O–H groups in total. The van der Waals surface area contributed by atoms with Gasteiger partial charge < -0.3 is 10.6 Å². The van der Waals surface area contributed by atoms with Gasteiger partial charge >= 0.3 is 0 Å². The van der Waals surface area contributed by atoms with E-state index in [2.05, 4.69) is 0 Å². The summed E-state index contributed by atoms with van der Waals surface area (Å²) >= 11 is 4.79. The van der Waals surface area contributed by atoms with Crippen LogP contribution in [-0.2, 0) is 4.79 Å². The van der Waals surface area contributed by atoms with E-state index in [1.54, 1.807) is 31.3 Å². The predicted octanol–water partition coefficient (Wildman–Crippen LogP) is 0.913. The van der Waals surface area contributed by atoms with Crippen LogP contribution in [0, 0.1) is 0 Å². The maximum Gasteiger partial charge on any atom is 0.213 e. The molecule has 0 atom stereocenters. The first-order chi connectivity index (χ1) is 6.15. The van der Waals surface area contributed by atoms with Crippen molar-refractivity contribution in [3.63, 3.8) is 0 Å². The van der Waals surface area contributed by atoms with Gasteiger partial charge in [-0.15, -0.1) is 0 Å². The molecule has 1 aromatic rings. The lowest BCUT2D eigenvalue weighted by molar-refractivity contribution is -0.107. The van der Waals surface area contributed by atoms with Crippen LogP contribution in [0.15, 0.2) is 24.3 Å². The SMILES string of the molecule is CN(C=O)c1ccc(C(N)=S)cc1. The van der Waals surface area contributed by atoms with E-state index in [4.69, 9.17) is 18.0 Å². The van der Waals surface area contributed by atoms with E-state index in [0.717, 1.165) is 17.7 Å². The quantitative estimate of drug-likeness (QED) is 0.574. The fourth-order valence-electron chi connectivity index (χ4n) is 0.922. The van der Waals surface area contributed by atoms with Crippen LogP contribution >= 0.6 is 12.2 Å². The average Bonchev–Trinajstić information content (AvgIpc) is 2.17. The van der Waals surface area contributed by atoms with Crippen molar-refractivity contribution < 1.29 is 4.79 Å². The summed E-state index contributed by atoms with van der Waals surface area (Å²) in [7, 11) is 1.68. The first kappa shape index (κ1) is 9.67. The lowest BCUT2D eigenvalue weighted by Gasteiger charge is -2.10. The fraction of sp³-hybridized carbons (Fsp3) is 0.111. The number of nitrogens with zero attached hydrogens (tertiary/aromatic N) is 1. The molecule has 13 heavy (non-hydrogen) atoms. The lowest BCUT2D eigenvalue weighted by atomic mass is 10.2. The molecule has 0 radical (unpaired) electrons. The largest absolute Gasteiger partial charge is 0.389 e. The van der Waals surface area contributed by atoms with Gasteiger partial charge in [-0.3, -0.25) is 4.79 Å². The topological polar surface area (TPSA) is 46.3 Å². The molecule has 3 nitrogen and oxygen atoms in total. The Hall–Kier alpha value is -1.42. The van der Waals surface area contributed by atoms with Gasteiger partial charge in [-0.25, -0.2) is 0 Å². The Morgan fingerprint density at radius 3 is 2.38 bits per heavy atom. The maximum absolute atomic E-state index is 10.4. The van der Waals surface area contributed by atoms with E-state index < -0.39 is 0 Å². The van der Waals surface area contributed by atoms with Gasteiger partial charge in [-0.1, -0.05) is 12.2 Å². The molecule has 0 saturated carbocycles. The highest BCUT2D eigenvalue weighted by Gasteiger charge is 1.99. The number of carbonyl (C=O) groups excluding carboxylic acids is 1. The van der Waals surface area contributed by atoms with Crippen LogP contribution < -0.4 is 10.6 Å². The van der Waals surface area contributed by atoms with E-state index in [-0.39, 0.29) is 0 Å². The van der Waals surface area contributed by atoms with E-state index in [9.17, 15) is 4.79 Å². The van der Waals surface area contributed by atoms with Gasteiger partial charge in [0.1, 0.15) is 4.99 Å². The Labute approximate surface area is 82.1 Å². The summed E-state index contributed by atoms with van der Waals surface area (Å²) in [6.45, 7) is 0. The van der Waals surface area contributed by atoms with E-state index in [1.807, 2.05) is 0 Å². The molecule has 0 heterocycles. The van der Waals surface area contributed by atoms with Crippen LogP contribution in [0.3, 0.4) is 0 Å². The summed E-state index contributed by atoms with van der Waals surface area (Å²) < 4.78 is 0. The summed E-state index contributed by atoms with van der Waals surface area (Å²) in [5, 5.41) is 0. The molecule has 0 bridgehead atoms. The second-order valence-electron chi connectivity index (χ2n) is 2.63. The van der Waals surface area contributed by atoms with Crippen molar-refractivity contribution in [1.82, 2.24) is 0 Å². The Morgan fingerprint density at radius 1 is 1.46 bits per heavy atom. The van der Waals surface area contributed by atoms with Gasteiger partial charge in [0.25, 0.3) is 0 Å². The van der Waals surface area contributed by atoms with Crippen LogP contribution in [0.25, 0.3) is 0 Å². The van der Waals surface area contributed by atoms with E-state index in [1.165, 1.54) is 4.90 Å². The molecule has 0 spiro atoms. The molecule has 68 valence electrons. The molecular formula is C9H10N2OS. The van der Waals surface area contributed by atoms with Gasteiger partial charge in [-0.05, 0) is 24.3 Å². The third-order valence-electron chi connectivity index (χ3n) is 1.72. The Balaban J connectivity index is 2.93. The minimum atomic E-state index is 0.361. The van der Waals surface area contributed by atoms with Crippen molar-refractivity contribution in [2.45, 2.75) is 0 Å². The molecule has 1 amide bonds. The predicted molar refractivity (Wildman–Crippen MR) is 56.8 cm³/mol. The fourth-order valence-corrected chi connectivity index (χ4v) is 1.06. The second-order valence-corrected chi connectivity index (χ2v) is 3.07. The van der Waals surface area contributed by atoms with Crippen molar-refractivity contribution >= 4 is 29.3 Å². The number of anilines is 1. The molecular weight excluding hydrogens is 184 g/mol. The number of amides is 1. The Kier molecular flexibility index (Phi) is 2.97. The van der Waals surface area contributed by atoms with Crippen molar-refractivity contribution in [3.8, 4) is 0 Å². The van der Waals surface area contributed by atoms with Crippen molar-refractivity contribution in [2.24, 2.45) is 5.73 Å². The third-order valence-corrected chi connectivity index (χ3v) is 1.95. The zero-order valence-electron chi connectivity index (χ0n) is 7.23. The minimum absolute atomic E-state index is 0.361. The van der Waals surface area contributed by atoms with Crippen LogP contribution in [-0.4, -0.2) is 18.4 Å². The van der Waals surface area contributed by atoms with Crippen molar-refractivity contribution in [1.29, 1.82) is 0 Å². The van der Waals surface area contributed by atoms with Crippen molar-refractivity contribution in [2.75, 3.05) is 11.9 Å². The number of hydrogen-bond acceptors (Lipinski definition) is 2. The highest BCUT2D eigenvalue weighted by Crippen LogP contribution is 2.11. The van der Waals surface area contributed by atoms with Crippen LogP contribution in [0.2, 0.25) is 0 Å². The van der Waals surface area contributed by atoms with E-state index in [0.29, 0.717) is 4.99 Å². The molecule has 0 saturated heterocycles. The van der Waals surface area contributed by atoms with Gasteiger partial charge in [-0.2, -0.15) is 0 Å². The second kappa shape index (κ2) is 4.00. The number of benzene rings is 1. The number of carbonyl (C=O) groups is 1. The highest BCUT2D eigenvalue weighted by molar-refractivity contribution is 7.80. The standard InChI is InChI=1S/C9H10N2OS/c1-11(6-12)8-4-2-7(3-5-8)9(10)13/h2-6H,1H3,(H2,10,13). The lowest BCUT2D eigenvalue weighted by Crippen LogP contribution is -2.14. The Morgan fingerprint density at radius 2 is 2.00 bits per heavy atom. The zero-order chi connectivity index (χ0) is 9.84. The molecule has 0 aromatic heterocycles. The summed E-state index contributed by atoms with van der Waals surface area (Å²) in [6.07, 6.45) is 0.746. The molecule has 1 aromatic carbocycles. The number of hydrogen-bond donors (Lipinski definition) is 1. The smallest absolute Gasteiger partial charge is 0.213 e. The highest BCUT2D eigenvalue weighted by atomic mass is 32.1. The molecule has 1 rings (SSSR count).